The van der Waals surface area contributed by atoms with Crippen molar-refractivity contribution in [2.24, 2.45) is 0 Å². The van der Waals surface area contributed by atoms with E-state index in [9.17, 15) is 0 Å². The highest BCUT2D eigenvalue weighted by Crippen LogP contribution is 2.04. The Morgan fingerprint density at radius 3 is 2.71 bits per heavy atom. The van der Waals surface area contributed by atoms with Gasteiger partial charge in [-0.3, -0.25) is 0 Å². The number of rotatable bonds is 0. The minimum Gasteiger partial charge on any atom is -0.314 e. The third kappa shape index (κ3) is 1.45. The SMILES string of the molecule is [2H]C1CCCCN1O. The van der Waals surface area contributed by atoms with Gasteiger partial charge in [0.15, 0.2) is 0 Å². The lowest BCUT2D eigenvalue weighted by Gasteiger charge is -2.18. The Labute approximate surface area is 45.1 Å². The predicted octanol–water partition coefficient (Wildman–Crippen LogP) is 0.861. The van der Waals surface area contributed by atoms with Crippen molar-refractivity contribution in [1.29, 1.82) is 0 Å². The molecule has 1 N–H and O–H groups in total. The highest BCUT2D eigenvalue weighted by Gasteiger charge is 2.04. The summed E-state index contributed by atoms with van der Waals surface area (Å²) in [7, 11) is 0. The minimum absolute atomic E-state index is 0.358. The topological polar surface area (TPSA) is 23.5 Å². The second kappa shape index (κ2) is 2.28. The third-order valence-corrected chi connectivity index (χ3v) is 1.18. The van der Waals surface area contributed by atoms with Crippen molar-refractivity contribution in [2.75, 3.05) is 13.1 Å². The summed E-state index contributed by atoms with van der Waals surface area (Å²) >= 11 is 0. The predicted molar refractivity (Wildman–Crippen MR) is 27.2 cm³/mol. The van der Waals surface area contributed by atoms with Crippen molar-refractivity contribution in [3.8, 4) is 0 Å². The quantitative estimate of drug-likeness (QED) is 0.490. The number of piperidine rings is 1. The molecular weight excluding hydrogens is 90.1 g/mol. The summed E-state index contributed by atoms with van der Waals surface area (Å²) in [5, 5.41) is 9.92. The van der Waals surface area contributed by atoms with Crippen LogP contribution in [-0.2, 0) is 0 Å². The summed E-state index contributed by atoms with van der Waals surface area (Å²) in [6, 6.07) is 0. The number of hydrogen-bond acceptors (Lipinski definition) is 2. The molecule has 0 radical (unpaired) electrons. The molecule has 1 fully saturated rings. The molecule has 0 spiro atoms. The molecule has 1 atom stereocenters. The molecule has 0 aromatic carbocycles. The first kappa shape index (κ1) is 3.87. The molecule has 0 saturated carbocycles. The van der Waals surface area contributed by atoms with E-state index in [1.165, 1.54) is 0 Å². The van der Waals surface area contributed by atoms with Crippen LogP contribution >= 0.6 is 0 Å². The molecule has 1 unspecified atom stereocenters. The Morgan fingerprint density at radius 2 is 2.29 bits per heavy atom. The zero-order valence-corrected chi connectivity index (χ0v) is 4.30. The fraction of sp³-hybridized carbons (Fsp3) is 1.00. The zero-order chi connectivity index (χ0) is 5.98. The maximum Gasteiger partial charge on any atom is 0.0456 e. The summed E-state index contributed by atoms with van der Waals surface area (Å²) < 4.78 is 7.15. The van der Waals surface area contributed by atoms with Gasteiger partial charge in [-0.25, -0.2) is 0 Å². The van der Waals surface area contributed by atoms with Gasteiger partial charge in [-0.15, -0.1) is 0 Å². The first-order valence-electron chi connectivity index (χ1n) is 3.26. The van der Waals surface area contributed by atoms with E-state index < -0.39 is 0 Å². The van der Waals surface area contributed by atoms with Crippen molar-refractivity contribution < 1.29 is 6.58 Å². The smallest absolute Gasteiger partial charge is 0.0456 e. The third-order valence-electron chi connectivity index (χ3n) is 1.18. The van der Waals surface area contributed by atoms with Crippen molar-refractivity contribution in [3.63, 3.8) is 0 Å². The summed E-state index contributed by atoms with van der Waals surface area (Å²) in [5.41, 5.74) is 0. The Balaban J connectivity index is 2.28. The van der Waals surface area contributed by atoms with Gasteiger partial charge in [0.05, 0.1) is 0 Å². The normalized spacial score (nSPS) is 37.9. The van der Waals surface area contributed by atoms with Crippen LogP contribution < -0.4 is 0 Å². The highest BCUT2D eigenvalue weighted by molar-refractivity contribution is 4.54. The summed E-state index contributed by atoms with van der Waals surface area (Å²) in [4.78, 5) is 0. The van der Waals surface area contributed by atoms with Crippen LogP contribution in [0.1, 0.15) is 20.6 Å². The lowest BCUT2D eigenvalue weighted by molar-refractivity contribution is -0.103. The standard InChI is InChI=1S/C5H11NO/c7-6-4-2-1-3-5-6/h7H,1-5H2/i4D. The number of hydrogen-bond donors (Lipinski definition) is 1. The number of hydroxylamine groups is 2. The van der Waals surface area contributed by atoms with Crippen LogP contribution in [0.4, 0.5) is 0 Å². The Morgan fingerprint density at radius 1 is 1.43 bits per heavy atom. The van der Waals surface area contributed by atoms with E-state index in [-0.39, 0.29) is 6.52 Å². The molecule has 1 aliphatic heterocycles. The molecule has 1 rings (SSSR count). The average molecular weight is 102 g/mol. The molecule has 1 saturated heterocycles. The molecule has 42 valence electrons. The van der Waals surface area contributed by atoms with Crippen molar-refractivity contribution in [2.45, 2.75) is 19.3 Å². The zero-order valence-electron chi connectivity index (χ0n) is 5.30. The van der Waals surface area contributed by atoms with Gasteiger partial charge in [-0.2, -0.15) is 5.06 Å². The fourth-order valence-corrected chi connectivity index (χ4v) is 0.750. The van der Waals surface area contributed by atoms with E-state index in [2.05, 4.69) is 0 Å². The maximum absolute atomic E-state index is 8.82. The van der Waals surface area contributed by atoms with Crippen LogP contribution in [0.3, 0.4) is 0 Å². The Bertz CT molecular complexity index is 68.8. The van der Waals surface area contributed by atoms with E-state index in [4.69, 9.17) is 6.58 Å². The molecule has 0 amide bonds. The first-order valence-corrected chi connectivity index (χ1v) is 2.68. The second-order valence-electron chi connectivity index (χ2n) is 1.84. The summed E-state index contributed by atoms with van der Waals surface area (Å²) in [6.45, 7) is 0.317. The molecule has 2 nitrogen and oxygen atoms in total. The molecule has 0 aromatic heterocycles. The maximum atomic E-state index is 8.82. The van der Waals surface area contributed by atoms with E-state index in [0.717, 1.165) is 24.3 Å². The van der Waals surface area contributed by atoms with Crippen molar-refractivity contribution in [3.05, 3.63) is 0 Å². The largest absolute Gasteiger partial charge is 0.314 e. The van der Waals surface area contributed by atoms with Gasteiger partial charge in [0.25, 0.3) is 0 Å². The van der Waals surface area contributed by atoms with Crippen LogP contribution in [-0.4, -0.2) is 23.3 Å². The average Bonchev–Trinajstić information content (AvgIpc) is 1.77. The van der Waals surface area contributed by atoms with E-state index in [1.807, 2.05) is 0 Å². The van der Waals surface area contributed by atoms with Gasteiger partial charge in [0, 0.05) is 14.4 Å². The van der Waals surface area contributed by atoms with Crippen molar-refractivity contribution in [1.82, 2.24) is 5.06 Å². The van der Waals surface area contributed by atoms with Crippen molar-refractivity contribution >= 4 is 0 Å². The number of nitrogens with zero attached hydrogens (tertiary/aromatic N) is 1. The lowest BCUT2D eigenvalue weighted by Crippen LogP contribution is -2.25. The van der Waals surface area contributed by atoms with Gasteiger partial charge in [-0.05, 0) is 12.8 Å². The van der Waals surface area contributed by atoms with Gasteiger partial charge < -0.3 is 5.21 Å². The van der Waals surface area contributed by atoms with Gasteiger partial charge >= 0.3 is 0 Å². The molecule has 2 heteroatoms. The molecule has 0 aromatic rings. The lowest BCUT2D eigenvalue weighted by atomic mass is 10.2. The minimum atomic E-state index is -0.358. The van der Waals surface area contributed by atoms with E-state index in [0.29, 0.717) is 6.54 Å². The molecule has 7 heavy (non-hydrogen) atoms. The summed E-state index contributed by atoms with van der Waals surface area (Å²) in [5.74, 6) is 0. The highest BCUT2D eigenvalue weighted by atomic mass is 16.5. The molecule has 0 aliphatic carbocycles. The second-order valence-corrected chi connectivity index (χ2v) is 1.84. The molecular formula is C5H11NO. The van der Waals surface area contributed by atoms with Crippen LogP contribution in [0.25, 0.3) is 0 Å². The first-order chi connectivity index (χ1) is 3.80. The Kier molecular flexibility index (Phi) is 1.26. The van der Waals surface area contributed by atoms with Crippen LogP contribution in [0.15, 0.2) is 0 Å². The molecule has 0 bridgehead atoms. The van der Waals surface area contributed by atoms with Crippen LogP contribution in [0.5, 0.6) is 0 Å². The van der Waals surface area contributed by atoms with E-state index >= 15 is 0 Å². The summed E-state index contributed by atoms with van der Waals surface area (Å²) in [6.07, 6.45) is 2.94. The van der Waals surface area contributed by atoms with Gasteiger partial charge in [-0.1, -0.05) is 6.42 Å². The van der Waals surface area contributed by atoms with E-state index in [1.54, 1.807) is 0 Å². The molecule has 1 heterocycles. The molecule has 1 aliphatic rings. The Hall–Kier alpha value is -0.0800. The van der Waals surface area contributed by atoms with Crippen LogP contribution in [0.2, 0.25) is 0 Å². The van der Waals surface area contributed by atoms with Gasteiger partial charge in [0.1, 0.15) is 0 Å². The van der Waals surface area contributed by atoms with Crippen LogP contribution in [0, 0.1) is 0 Å². The fourth-order valence-electron chi connectivity index (χ4n) is 0.750. The van der Waals surface area contributed by atoms with Gasteiger partial charge in [0.2, 0.25) is 0 Å². The monoisotopic (exact) mass is 102 g/mol.